The van der Waals surface area contributed by atoms with Gasteiger partial charge in [0.15, 0.2) is 5.96 Å². The highest BCUT2D eigenvalue weighted by Gasteiger charge is 2.27. The molecule has 1 fully saturated rings. The Morgan fingerprint density at radius 2 is 1.92 bits per heavy atom. The summed E-state index contributed by atoms with van der Waals surface area (Å²) in [6.45, 7) is 16.5. The second-order valence-electron chi connectivity index (χ2n) is 6.57. The zero-order valence-electron chi connectivity index (χ0n) is 16.3. The van der Waals surface area contributed by atoms with Crippen molar-refractivity contribution < 1.29 is 4.74 Å². The number of guanidine groups is 1. The first kappa shape index (κ1) is 23.9. The molecule has 1 unspecified atom stereocenters. The third-order valence-corrected chi connectivity index (χ3v) is 4.31. The molecule has 0 aliphatic heterocycles. The Balaban J connectivity index is 0.00000529. The molecule has 1 atom stereocenters. The molecule has 6 heteroatoms. The molecular weight excluding hydrogens is 415 g/mol. The topological polar surface area (TPSA) is 48.9 Å². The molecule has 5 nitrogen and oxygen atoms in total. The van der Waals surface area contributed by atoms with Gasteiger partial charge in [-0.3, -0.25) is 9.89 Å². The molecule has 144 valence electrons. The van der Waals surface area contributed by atoms with Crippen LogP contribution in [0, 0.1) is 5.92 Å². The average Bonchev–Trinajstić information content (AvgIpc) is 3.35. The van der Waals surface area contributed by atoms with E-state index in [1.54, 1.807) is 0 Å². The first-order valence-electron chi connectivity index (χ1n) is 9.50. The molecule has 1 rings (SSSR count). The third kappa shape index (κ3) is 10.0. The smallest absolute Gasteiger partial charge is 0.191 e. The van der Waals surface area contributed by atoms with Crippen molar-refractivity contribution in [3.8, 4) is 0 Å². The zero-order chi connectivity index (χ0) is 17.1. The van der Waals surface area contributed by atoms with Crippen LogP contribution in [-0.4, -0.2) is 62.3 Å². The number of nitrogens with one attached hydrogen (secondary N) is 2. The monoisotopic (exact) mass is 454 g/mol. The standard InChI is InChI=1S/C18H38N4O.HI/c1-6-19-18(20-12-11-17(15(4)5)23-8-3)21-13-14-22(7-2)16-9-10-16;/h15-17H,6-14H2,1-5H3,(H2,19,20,21);1H. The highest BCUT2D eigenvalue weighted by Crippen LogP contribution is 2.25. The first-order chi connectivity index (χ1) is 11.1. The number of likely N-dealkylation sites (N-methyl/N-ethyl adjacent to an activating group) is 1. The van der Waals surface area contributed by atoms with E-state index < -0.39 is 0 Å². The molecule has 0 aromatic heterocycles. The van der Waals surface area contributed by atoms with Crippen molar-refractivity contribution in [1.82, 2.24) is 15.5 Å². The van der Waals surface area contributed by atoms with Crippen LogP contribution in [0.4, 0.5) is 0 Å². The minimum absolute atomic E-state index is 0. The lowest BCUT2D eigenvalue weighted by Gasteiger charge is -2.21. The van der Waals surface area contributed by atoms with Gasteiger partial charge in [-0.05, 0) is 45.6 Å². The molecule has 1 aliphatic carbocycles. The molecule has 0 heterocycles. The third-order valence-electron chi connectivity index (χ3n) is 4.31. The summed E-state index contributed by atoms with van der Waals surface area (Å²) in [7, 11) is 0. The van der Waals surface area contributed by atoms with E-state index in [1.807, 2.05) is 0 Å². The Labute approximate surface area is 166 Å². The van der Waals surface area contributed by atoms with E-state index in [0.717, 1.165) is 57.8 Å². The van der Waals surface area contributed by atoms with Crippen molar-refractivity contribution in [3.05, 3.63) is 0 Å². The molecule has 1 aliphatic rings. The lowest BCUT2D eigenvalue weighted by molar-refractivity contribution is 0.0266. The van der Waals surface area contributed by atoms with Gasteiger partial charge < -0.3 is 15.4 Å². The lowest BCUT2D eigenvalue weighted by Crippen LogP contribution is -2.42. The van der Waals surface area contributed by atoms with Crippen LogP contribution in [0.25, 0.3) is 0 Å². The molecule has 24 heavy (non-hydrogen) atoms. The summed E-state index contributed by atoms with van der Waals surface area (Å²) >= 11 is 0. The van der Waals surface area contributed by atoms with E-state index in [2.05, 4.69) is 50.2 Å². The molecule has 0 spiro atoms. The Hall–Kier alpha value is -0.0800. The first-order valence-corrected chi connectivity index (χ1v) is 9.50. The predicted molar refractivity (Wildman–Crippen MR) is 115 cm³/mol. The molecule has 2 N–H and O–H groups in total. The maximum atomic E-state index is 5.79. The fourth-order valence-electron chi connectivity index (χ4n) is 2.83. The summed E-state index contributed by atoms with van der Waals surface area (Å²) in [5.41, 5.74) is 0. The predicted octanol–water partition coefficient (Wildman–Crippen LogP) is 3.10. The summed E-state index contributed by atoms with van der Waals surface area (Å²) in [6.07, 6.45) is 4.02. The van der Waals surface area contributed by atoms with Gasteiger partial charge in [-0.1, -0.05) is 20.8 Å². The second-order valence-corrected chi connectivity index (χ2v) is 6.57. The number of rotatable bonds is 12. The molecule has 0 saturated heterocycles. The van der Waals surface area contributed by atoms with Crippen LogP contribution in [0.2, 0.25) is 0 Å². The number of hydrogen-bond donors (Lipinski definition) is 2. The van der Waals surface area contributed by atoms with Crippen LogP contribution in [0.1, 0.15) is 53.9 Å². The van der Waals surface area contributed by atoms with Crippen molar-refractivity contribution in [3.63, 3.8) is 0 Å². The summed E-state index contributed by atoms with van der Waals surface area (Å²) in [6, 6.07) is 0.833. The van der Waals surface area contributed by atoms with Crippen LogP contribution in [0.15, 0.2) is 4.99 Å². The molecule has 0 aromatic rings. The Morgan fingerprint density at radius 1 is 1.21 bits per heavy atom. The van der Waals surface area contributed by atoms with Crippen molar-refractivity contribution >= 4 is 29.9 Å². The molecular formula is C18H39IN4O. The Morgan fingerprint density at radius 3 is 2.42 bits per heavy atom. The van der Waals surface area contributed by atoms with Crippen molar-refractivity contribution in [2.75, 3.05) is 39.3 Å². The second kappa shape index (κ2) is 14.1. The summed E-state index contributed by atoms with van der Waals surface area (Å²) < 4.78 is 5.79. The number of ether oxygens (including phenoxy) is 1. The van der Waals surface area contributed by atoms with Crippen molar-refractivity contribution in [2.24, 2.45) is 10.9 Å². The Bertz CT molecular complexity index is 335. The molecule has 0 radical (unpaired) electrons. The quantitative estimate of drug-likeness (QED) is 0.270. The van der Waals surface area contributed by atoms with E-state index >= 15 is 0 Å². The van der Waals surface area contributed by atoms with Crippen LogP contribution in [0.3, 0.4) is 0 Å². The Kier molecular flexibility index (Phi) is 14.1. The lowest BCUT2D eigenvalue weighted by atomic mass is 10.0. The SMILES string of the molecule is CCNC(=NCCC(OCC)C(C)C)NCCN(CC)C1CC1.I. The van der Waals surface area contributed by atoms with Gasteiger partial charge in [0.1, 0.15) is 0 Å². The van der Waals surface area contributed by atoms with Gasteiger partial charge in [0, 0.05) is 38.8 Å². The molecule has 1 saturated carbocycles. The van der Waals surface area contributed by atoms with E-state index in [9.17, 15) is 0 Å². The van der Waals surface area contributed by atoms with Gasteiger partial charge in [-0.2, -0.15) is 0 Å². The summed E-state index contributed by atoms with van der Waals surface area (Å²) in [5.74, 6) is 1.47. The van der Waals surface area contributed by atoms with Crippen LogP contribution >= 0.6 is 24.0 Å². The fourth-order valence-corrected chi connectivity index (χ4v) is 2.83. The number of halogens is 1. The van der Waals surface area contributed by atoms with E-state index in [-0.39, 0.29) is 24.0 Å². The average molecular weight is 454 g/mol. The summed E-state index contributed by atoms with van der Waals surface area (Å²) in [5, 5.41) is 6.79. The van der Waals surface area contributed by atoms with Gasteiger partial charge in [0.05, 0.1) is 6.10 Å². The van der Waals surface area contributed by atoms with Crippen molar-refractivity contribution in [1.29, 1.82) is 0 Å². The van der Waals surface area contributed by atoms with Crippen LogP contribution in [0.5, 0.6) is 0 Å². The molecule has 0 bridgehead atoms. The zero-order valence-corrected chi connectivity index (χ0v) is 18.6. The van der Waals surface area contributed by atoms with Crippen LogP contribution in [-0.2, 0) is 4.74 Å². The minimum Gasteiger partial charge on any atom is -0.378 e. The van der Waals surface area contributed by atoms with Gasteiger partial charge in [0.25, 0.3) is 0 Å². The minimum atomic E-state index is 0. The largest absolute Gasteiger partial charge is 0.378 e. The number of aliphatic imine (C=N–C) groups is 1. The van der Waals surface area contributed by atoms with Gasteiger partial charge in [-0.25, -0.2) is 0 Å². The maximum Gasteiger partial charge on any atom is 0.191 e. The number of nitrogens with zero attached hydrogens (tertiary/aromatic N) is 2. The van der Waals surface area contributed by atoms with Gasteiger partial charge >= 0.3 is 0 Å². The van der Waals surface area contributed by atoms with Gasteiger partial charge in [-0.15, -0.1) is 24.0 Å². The summed E-state index contributed by atoms with van der Waals surface area (Å²) in [4.78, 5) is 7.25. The van der Waals surface area contributed by atoms with E-state index in [0.29, 0.717) is 12.0 Å². The maximum absolute atomic E-state index is 5.79. The van der Waals surface area contributed by atoms with Crippen molar-refractivity contribution in [2.45, 2.75) is 66.0 Å². The fraction of sp³-hybridized carbons (Fsp3) is 0.944. The highest BCUT2D eigenvalue weighted by atomic mass is 127. The van der Waals surface area contributed by atoms with E-state index in [4.69, 9.17) is 9.73 Å². The highest BCUT2D eigenvalue weighted by molar-refractivity contribution is 14.0. The van der Waals surface area contributed by atoms with Crippen LogP contribution < -0.4 is 10.6 Å². The molecule has 0 aromatic carbocycles. The van der Waals surface area contributed by atoms with E-state index in [1.165, 1.54) is 12.8 Å². The normalized spacial score (nSPS) is 16.2. The van der Waals surface area contributed by atoms with Gasteiger partial charge in [0.2, 0.25) is 0 Å². The molecule has 0 amide bonds. The number of hydrogen-bond acceptors (Lipinski definition) is 3.